The van der Waals surface area contributed by atoms with Gasteiger partial charge in [-0.2, -0.15) is 0 Å². The second kappa shape index (κ2) is 6.97. The summed E-state index contributed by atoms with van der Waals surface area (Å²) in [6, 6.07) is 18.3. The lowest BCUT2D eigenvalue weighted by Gasteiger charge is -2.36. The van der Waals surface area contributed by atoms with Gasteiger partial charge in [0.2, 0.25) is 0 Å². The van der Waals surface area contributed by atoms with Crippen molar-refractivity contribution in [3.63, 3.8) is 0 Å². The van der Waals surface area contributed by atoms with E-state index in [1.54, 1.807) is 30.4 Å². The zero-order valence-electron chi connectivity index (χ0n) is 15.3. The number of benzene rings is 2. The number of allylic oxidation sites excluding steroid dienone is 1. The minimum Gasteiger partial charge on any atom is -0.375 e. The summed E-state index contributed by atoms with van der Waals surface area (Å²) in [6.07, 6.45) is 0. The van der Waals surface area contributed by atoms with Crippen LogP contribution >= 0.6 is 35.7 Å². The lowest BCUT2D eigenvalue weighted by molar-refractivity contribution is -0.112. The Morgan fingerprint density at radius 3 is 2.37 bits per heavy atom. The fraction of sp³-hybridized carbons (Fsp3) is 0.182. The van der Waals surface area contributed by atoms with Gasteiger partial charge in [-0.15, -0.1) is 0 Å². The van der Waals surface area contributed by atoms with E-state index in [0.29, 0.717) is 0 Å². The van der Waals surface area contributed by atoms with E-state index >= 15 is 0 Å². The van der Waals surface area contributed by atoms with Gasteiger partial charge in [-0.1, -0.05) is 84.3 Å². The molecule has 0 amide bonds. The molecule has 0 radical (unpaired) electrons. The number of thioether (sulfide) groups is 2. The third-order valence-corrected chi connectivity index (χ3v) is 8.06. The predicted octanol–water partition coefficient (Wildman–Crippen LogP) is 6.37. The van der Waals surface area contributed by atoms with Crippen molar-refractivity contribution >= 4 is 62.6 Å². The van der Waals surface area contributed by atoms with Gasteiger partial charge in [0.1, 0.15) is 0 Å². The first kappa shape index (κ1) is 18.5. The van der Waals surface area contributed by atoms with Crippen LogP contribution in [0.2, 0.25) is 0 Å². The van der Waals surface area contributed by atoms with Gasteiger partial charge in [0.05, 0.1) is 14.7 Å². The second-order valence-corrected chi connectivity index (χ2v) is 9.78. The zero-order valence-corrected chi connectivity index (χ0v) is 17.8. The molecule has 2 heterocycles. The first-order chi connectivity index (χ1) is 12.9. The summed E-state index contributed by atoms with van der Waals surface area (Å²) < 4.78 is 1.09. The van der Waals surface area contributed by atoms with Gasteiger partial charge < -0.3 is 5.32 Å². The number of hydrogen-bond donors (Lipinski definition) is 1. The fourth-order valence-corrected chi connectivity index (χ4v) is 6.41. The van der Waals surface area contributed by atoms with Crippen LogP contribution in [0.4, 0.5) is 5.69 Å². The first-order valence-electron chi connectivity index (χ1n) is 8.71. The maximum absolute atomic E-state index is 12.4. The molecule has 2 aromatic carbocycles. The number of nitrogens with one attached hydrogen (secondary N) is 1. The smallest absolute Gasteiger partial charge is 0.167 e. The number of carbonyl (C=O) groups excluding carboxylic acids is 1. The Morgan fingerprint density at radius 1 is 1.00 bits per heavy atom. The molecule has 27 heavy (non-hydrogen) atoms. The summed E-state index contributed by atoms with van der Waals surface area (Å²) in [5.41, 5.74) is 4.01. The molecular formula is C22H19NOS3. The molecule has 0 saturated heterocycles. The normalized spacial score (nSPS) is 21.1. The third kappa shape index (κ3) is 3.28. The molecule has 0 atom stereocenters. The molecule has 0 aromatic heterocycles. The van der Waals surface area contributed by atoms with Crippen molar-refractivity contribution in [2.45, 2.75) is 26.3 Å². The Bertz CT molecular complexity index is 1020. The molecule has 4 rings (SSSR count). The van der Waals surface area contributed by atoms with Crippen molar-refractivity contribution in [2.75, 3.05) is 5.32 Å². The highest BCUT2D eigenvalue weighted by Gasteiger charge is 2.37. The lowest BCUT2D eigenvalue weighted by Crippen LogP contribution is -2.43. The largest absolute Gasteiger partial charge is 0.375 e. The average molecular weight is 410 g/mol. The summed E-state index contributed by atoms with van der Waals surface area (Å²) in [4.78, 5) is 15.1. The van der Waals surface area contributed by atoms with Crippen LogP contribution < -0.4 is 5.32 Å². The quantitative estimate of drug-likeness (QED) is 0.460. The highest BCUT2D eigenvalue weighted by atomic mass is 32.2. The summed E-state index contributed by atoms with van der Waals surface area (Å²) in [5.74, 6) is 0.0920. The standard InChI is InChI=1S/C22H19NOS3/c1-13(24)18-19(14-9-5-4-6-10-14)27-21(26-18)17-15-11-7-8-12-16(15)23-22(2,3)20(17)25/h4-12,23H,1-3H3/b21-17+. The van der Waals surface area contributed by atoms with Gasteiger partial charge in [-0.05, 0) is 32.4 Å². The molecular weight excluding hydrogens is 390 g/mol. The number of anilines is 1. The van der Waals surface area contributed by atoms with Gasteiger partial charge in [0.25, 0.3) is 0 Å². The van der Waals surface area contributed by atoms with Crippen molar-refractivity contribution in [3.8, 4) is 0 Å². The van der Waals surface area contributed by atoms with Crippen molar-refractivity contribution in [3.05, 3.63) is 74.9 Å². The van der Waals surface area contributed by atoms with Crippen molar-refractivity contribution in [2.24, 2.45) is 0 Å². The van der Waals surface area contributed by atoms with E-state index in [0.717, 1.165) is 41.3 Å². The van der Waals surface area contributed by atoms with E-state index in [4.69, 9.17) is 12.2 Å². The van der Waals surface area contributed by atoms with Gasteiger partial charge in [-0.3, -0.25) is 4.79 Å². The summed E-state index contributed by atoms with van der Waals surface area (Å²) in [6.45, 7) is 5.85. The SMILES string of the molecule is CC(=O)C1=C(c2ccccc2)S/C(=C2/C(=S)C(C)(C)Nc3ccccc32)S1. The van der Waals surface area contributed by atoms with Crippen LogP contribution in [-0.2, 0) is 4.79 Å². The predicted molar refractivity (Wildman–Crippen MR) is 123 cm³/mol. The number of fused-ring (bicyclic) bond motifs is 1. The van der Waals surface area contributed by atoms with E-state index in [1.807, 2.05) is 30.3 Å². The first-order valence-corrected chi connectivity index (χ1v) is 10.8. The zero-order chi connectivity index (χ0) is 19.2. The molecule has 0 spiro atoms. The molecule has 2 nitrogen and oxygen atoms in total. The highest BCUT2D eigenvalue weighted by Crippen LogP contribution is 2.57. The average Bonchev–Trinajstić information content (AvgIpc) is 3.08. The minimum absolute atomic E-state index is 0.0920. The van der Waals surface area contributed by atoms with Crippen LogP contribution in [0, 0.1) is 0 Å². The number of para-hydroxylation sites is 1. The Labute approximate surface area is 173 Å². The number of rotatable bonds is 2. The van der Waals surface area contributed by atoms with Crippen LogP contribution in [0.1, 0.15) is 31.9 Å². The van der Waals surface area contributed by atoms with Crippen LogP contribution in [0.25, 0.3) is 10.5 Å². The molecule has 1 N–H and O–H groups in total. The highest BCUT2D eigenvalue weighted by molar-refractivity contribution is 8.32. The van der Waals surface area contributed by atoms with Crippen LogP contribution in [0.3, 0.4) is 0 Å². The van der Waals surface area contributed by atoms with Crippen molar-refractivity contribution in [1.82, 2.24) is 0 Å². The molecule has 0 bridgehead atoms. The Kier molecular flexibility index (Phi) is 4.78. The van der Waals surface area contributed by atoms with Crippen LogP contribution in [0.15, 0.2) is 63.7 Å². The maximum atomic E-state index is 12.4. The fourth-order valence-electron chi connectivity index (χ4n) is 3.25. The van der Waals surface area contributed by atoms with Gasteiger partial charge in [0.15, 0.2) is 5.78 Å². The molecule has 5 heteroatoms. The van der Waals surface area contributed by atoms with Crippen LogP contribution in [0.5, 0.6) is 0 Å². The lowest BCUT2D eigenvalue weighted by atomic mass is 9.86. The maximum Gasteiger partial charge on any atom is 0.167 e. The molecule has 2 aliphatic heterocycles. The van der Waals surface area contributed by atoms with Gasteiger partial charge >= 0.3 is 0 Å². The van der Waals surface area contributed by atoms with E-state index in [2.05, 4.69) is 43.4 Å². The Morgan fingerprint density at radius 2 is 1.67 bits per heavy atom. The third-order valence-electron chi connectivity index (χ3n) is 4.59. The Hall–Kier alpha value is -1.82. The van der Waals surface area contributed by atoms with E-state index < -0.39 is 0 Å². The molecule has 0 aliphatic carbocycles. The number of thiocarbonyl (C=S) groups is 1. The molecule has 0 unspecified atom stereocenters. The monoisotopic (exact) mass is 409 g/mol. The van der Waals surface area contributed by atoms with E-state index in [9.17, 15) is 4.79 Å². The molecule has 2 aromatic rings. The second-order valence-electron chi connectivity index (χ2n) is 7.07. The minimum atomic E-state index is -0.320. The number of Topliss-reactive ketones (excluding diaryl/α,β-unsaturated/α-hetero) is 1. The van der Waals surface area contributed by atoms with Gasteiger partial charge in [0, 0.05) is 26.6 Å². The summed E-state index contributed by atoms with van der Waals surface area (Å²) in [5, 5.41) is 3.54. The topological polar surface area (TPSA) is 29.1 Å². The Balaban J connectivity index is 1.88. The van der Waals surface area contributed by atoms with E-state index in [-0.39, 0.29) is 11.3 Å². The molecule has 0 fully saturated rings. The van der Waals surface area contributed by atoms with Crippen LogP contribution in [-0.4, -0.2) is 16.2 Å². The van der Waals surface area contributed by atoms with Crippen molar-refractivity contribution < 1.29 is 4.79 Å². The number of hydrogen-bond acceptors (Lipinski definition) is 5. The number of carbonyl (C=O) groups is 1. The van der Waals surface area contributed by atoms with Gasteiger partial charge in [-0.25, -0.2) is 0 Å². The summed E-state index contributed by atoms with van der Waals surface area (Å²) in [7, 11) is 0. The number of ketones is 1. The summed E-state index contributed by atoms with van der Waals surface area (Å²) >= 11 is 9.10. The molecule has 0 saturated carbocycles. The molecule has 136 valence electrons. The van der Waals surface area contributed by atoms with Crippen molar-refractivity contribution in [1.29, 1.82) is 0 Å². The van der Waals surface area contributed by atoms with E-state index in [1.165, 1.54) is 0 Å². The molecule has 2 aliphatic rings.